The van der Waals surface area contributed by atoms with E-state index in [0.717, 1.165) is 29.0 Å². The summed E-state index contributed by atoms with van der Waals surface area (Å²) < 4.78 is 25.5. The van der Waals surface area contributed by atoms with Gasteiger partial charge in [0, 0.05) is 30.8 Å². The Kier molecular flexibility index (Phi) is 11.3. The molecule has 0 fully saturated rings. The zero-order chi connectivity index (χ0) is 28.5. The van der Waals surface area contributed by atoms with E-state index in [2.05, 4.69) is 16.0 Å². The number of anilines is 1. The molecule has 0 aliphatic rings. The van der Waals surface area contributed by atoms with Gasteiger partial charge in [0.25, 0.3) is 11.8 Å². The molecular formula is C27H39N5O5S. The van der Waals surface area contributed by atoms with E-state index >= 15 is 0 Å². The highest BCUT2D eigenvalue weighted by molar-refractivity contribution is 7.92. The lowest BCUT2D eigenvalue weighted by Crippen LogP contribution is -2.47. The quantitative estimate of drug-likeness (QED) is 0.286. The highest BCUT2D eigenvalue weighted by Gasteiger charge is 2.22. The fourth-order valence-electron chi connectivity index (χ4n) is 3.72. The Bertz CT molecular complexity index is 1220. The lowest BCUT2D eigenvalue weighted by atomic mass is 10.0. The molecule has 0 saturated heterocycles. The van der Waals surface area contributed by atoms with Crippen LogP contribution in [0.3, 0.4) is 0 Å². The third-order valence-corrected chi connectivity index (χ3v) is 7.49. The molecule has 0 unspecified atom stereocenters. The number of sulfonamides is 1. The topological polar surface area (TPSA) is 151 Å². The molecule has 5 N–H and O–H groups in total. The normalized spacial score (nSPS) is 13.7. The van der Waals surface area contributed by atoms with Crippen LogP contribution in [0.15, 0.2) is 48.5 Å². The summed E-state index contributed by atoms with van der Waals surface area (Å²) in [6.45, 7) is 5.84. The summed E-state index contributed by atoms with van der Waals surface area (Å²) in [4.78, 5) is 37.9. The summed E-state index contributed by atoms with van der Waals surface area (Å²) in [5, 5.41) is 8.87. The van der Waals surface area contributed by atoms with Gasteiger partial charge in [-0.15, -0.1) is 0 Å². The molecule has 0 heterocycles. The van der Waals surface area contributed by atoms with Crippen molar-refractivity contribution in [1.29, 1.82) is 0 Å². The first kappa shape index (κ1) is 30.8. The highest BCUT2D eigenvalue weighted by Crippen LogP contribution is 2.22. The van der Waals surface area contributed by atoms with Crippen LogP contribution in [0, 0.1) is 0 Å². The van der Waals surface area contributed by atoms with E-state index in [1.54, 1.807) is 6.92 Å². The molecule has 2 aromatic carbocycles. The average molecular weight is 546 g/mol. The van der Waals surface area contributed by atoms with Crippen LogP contribution in [0.5, 0.6) is 0 Å². The molecule has 0 spiro atoms. The molecule has 11 heteroatoms. The summed E-state index contributed by atoms with van der Waals surface area (Å²) in [6.07, 6.45) is 3.46. The van der Waals surface area contributed by atoms with Crippen molar-refractivity contribution in [3.05, 3.63) is 65.2 Å². The van der Waals surface area contributed by atoms with Crippen molar-refractivity contribution in [3.63, 3.8) is 0 Å². The van der Waals surface area contributed by atoms with Crippen LogP contribution in [0.1, 0.15) is 72.4 Å². The Morgan fingerprint density at radius 3 is 2.08 bits per heavy atom. The van der Waals surface area contributed by atoms with Crippen molar-refractivity contribution in [2.75, 3.05) is 24.2 Å². The van der Waals surface area contributed by atoms with Gasteiger partial charge in [0.15, 0.2) is 0 Å². The van der Waals surface area contributed by atoms with E-state index in [9.17, 15) is 22.8 Å². The third kappa shape index (κ3) is 9.14. The number of benzene rings is 2. The van der Waals surface area contributed by atoms with Crippen LogP contribution < -0.4 is 26.0 Å². The number of hydrogen-bond donors (Lipinski definition) is 4. The average Bonchev–Trinajstić information content (AvgIpc) is 2.88. The molecule has 3 amide bonds. The first-order valence-electron chi connectivity index (χ1n) is 12.6. The predicted octanol–water partition coefficient (Wildman–Crippen LogP) is 2.33. The van der Waals surface area contributed by atoms with Crippen molar-refractivity contribution in [2.24, 2.45) is 5.73 Å². The Morgan fingerprint density at radius 1 is 0.974 bits per heavy atom. The largest absolute Gasteiger partial charge is 0.368 e. The maximum Gasteiger partial charge on any atom is 0.251 e. The fraction of sp³-hybridized carbons (Fsp3) is 0.444. The van der Waals surface area contributed by atoms with Crippen LogP contribution in [-0.2, 0) is 14.8 Å². The molecule has 208 valence electrons. The van der Waals surface area contributed by atoms with Gasteiger partial charge in [-0.1, -0.05) is 50.1 Å². The molecule has 2 aromatic rings. The minimum absolute atomic E-state index is 0.139. The summed E-state index contributed by atoms with van der Waals surface area (Å²) >= 11 is 0. The summed E-state index contributed by atoms with van der Waals surface area (Å²) in [7, 11) is -2.29. The monoisotopic (exact) mass is 545 g/mol. The Hall–Kier alpha value is -3.44. The third-order valence-electron chi connectivity index (χ3n) is 6.29. The molecule has 38 heavy (non-hydrogen) atoms. The number of carbonyl (C=O) groups is 3. The number of carbonyl (C=O) groups excluding carboxylic acids is 3. The molecule has 0 bridgehead atoms. The van der Waals surface area contributed by atoms with Crippen LogP contribution in [-0.4, -0.2) is 58.1 Å². The van der Waals surface area contributed by atoms with E-state index in [4.69, 9.17) is 5.73 Å². The van der Waals surface area contributed by atoms with E-state index < -0.39 is 33.8 Å². The standard InChI is InChI=1S/C27H39N5O5S/c1-6-7-13-23(17-29-19(3)25(28)33)31-27(35)22-14-21(15-24(16-22)32(4)38(5,36)37)26(34)30-18(2)20-11-9-8-10-12-20/h8-12,14-16,18-19,23,29H,6-7,13,17H2,1-5H3,(H2,28,33)(H,30,34)(H,31,35)/t18-,19+,23+/m1/s1. The maximum atomic E-state index is 13.3. The SMILES string of the molecule is CCCC[C@@H](CN[C@@H](C)C(N)=O)NC(=O)c1cc(C(=O)N[C@H](C)c2ccccc2)cc(N(C)S(C)(=O)=O)c1. The van der Waals surface area contributed by atoms with Crippen molar-refractivity contribution >= 4 is 33.4 Å². The van der Waals surface area contributed by atoms with Gasteiger partial charge in [0.1, 0.15) is 0 Å². The summed E-state index contributed by atoms with van der Waals surface area (Å²) in [6, 6.07) is 12.5. The second-order valence-corrected chi connectivity index (χ2v) is 11.5. The smallest absolute Gasteiger partial charge is 0.251 e. The van der Waals surface area contributed by atoms with Crippen molar-refractivity contribution < 1.29 is 22.8 Å². The molecule has 0 saturated carbocycles. The van der Waals surface area contributed by atoms with E-state index in [1.807, 2.05) is 44.2 Å². The van der Waals surface area contributed by atoms with Gasteiger partial charge in [0.2, 0.25) is 15.9 Å². The number of rotatable bonds is 14. The first-order chi connectivity index (χ1) is 17.8. The molecule has 0 aromatic heterocycles. The van der Waals surface area contributed by atoms with Gasteiger partial charge >= 0.3 is 0 Å². The van der Waals surface area contributed by atoms with Crippen LogP contribution in [0.2, 0.25) is 0 Å². The van der Waals surface area contributed by atoms with Crippen molar-refractivity contribution in [3.8, 4) is 0 Å². The maximum absolute atomic E-state index is 13.3. The Morgan fingerprint density at radius 2 is 1.55 bits per heavy atom. The summed E-state index contributed by atoms with van der Waals surface area (Å²) in [5.41, 5.74) is 6.71. The number of nitrogens with two attached hydrogens (primary N) is 1. The lowest BCUT2D eigenvalue weighted by Gasteiger charge is -2.23. The molecule has 0 aliphatic heterocycles. The van der Waals surface area contributed by atoms with Crippen molar-refractivity contribution in [2.45, 2.75) is 58.2 Å². The van der Waals surface area contributed by atoms with Gasteiger partial charge in [-0.2, -0.15) is 0 Å². The lowest BCUT2D eigenvalue weighted by molar-refractivity contribution is -0.119. The molecule has 3 atom stereocenters. The Labute approximate surface area is 225 Å². The number of nitrogens with one attached hydrogen (secondary N) is 3. The Balaban J connectivity index is 2.35. The van der Waals surface area contributed by atoms with Crippen LogP contribution >= 0.6 is 0 Å². The molecular weight excluding hydrogens is 506 g/mol. The van der Waals surface area contributed by atoms with Crippen LogP contribution in [0.25, 0.3) is 0 Å². The second-order valence-electron chi connectivity index (χ2n) is 9.45. The van der Waals surface area contributed by atoms with E-state index in [-0.39, 0.29) is 28.9 Å². The van der Waals surface area contributed by atoms with Crippen LogP contribution in [0.4, 0.5) is 5.69 Å². The number of primary amides is 1. The molecule has 0 radical (unpaired) electrons. The van der Waals surface area contributed by atoms with E-state index in [1.165, 1.54) is 25.2 Å². The number of nitrogens with zero attached hydrogens (tertiary/aromatic N) is 1. The zero-order valence-corrected chi connectivity index (χ0v) is 23.5. The van der Waals surface area contributed by atoms with Gasteiger partial charge in [-0.3, -0.25) is 18.7 Å². The predicted molar refractivity (Wildman–Crippen MR) is 149 cm³/mol. The second kappa shape index (κ2) is 13.9. The number of unbranched alkanes of at least 4 members (excludes halogenated alkanes) is 1. The fourth-order valence-corrected chi connectivity index (χ4v) is 4.20. The molecule has 2 rings (SSSR count). The minimum atomic E-state index is -3.65. The minimum Gasteiger partial charge on any atom is -0.368 e. The summed E-state index contributed by atoms with van der Waals surface area (Å²) in [5.74, 6) is -1.41. The van der Waals surface area contributed by atoms with Gasteiger partial charge in [-0.25, -0.2) is 8.42 Å². The van der Waals surface area contributed by atoms with Gasteiger partial charge in [-0.05, 0) is 44.0 Å². The highest BCUT2D eigenvalue weighted by atomic mass is 32.2. The zero-order valence-electron chi connectivity index (χ0n) is 22.7. The van der Waals surface area contributed by atoms with Crippen molar-refractivity contribution in [1.82, 2.24) is 16.0 Å². The van der Waals surface area contributed by atoms with Gasteiger partial charge < -0.3 is 21.7 Å². The van der Waals surface area contributed by atoms with Gasteiger partial charge in [0.05, 0.1) is 24.0 Å². The van der Waals surface area contributed by atoms with E-state index in [0.29, 0.717) is 13.0 Å². The first-order valence-corrected chi connectivity index (χ1v) is 14.5. The molecule has 0 aliphatic carbocycles. The molecule has 10 nitrogen and oxygen atoms in total. The number of hydrogen-bond acceptors (Lipinski definition) is 6. The number of amides is 3.